The second kappa shape index (κ2) is 5.98. The third-order valence-corrected chi connectivity index (χ3v) is 5.16. The molecule has 1 heterocycles. The van der Waals surface area contributed by atoms with Crippen LogP contribution in [-0.4, -0.2) is 20.4 Å². The molecule has 0 aromatic heterocycles. The van der Waals surface area contributed by atoms with Crippen molar-refractivity contribution in [1.29, 1.82) is 0 Å². The number of thiocarbonyl (C=S) groups is 1. The molecule has 112 valence electrons. The minimum Gasteiger partial charge on any atom is -0.409 e. The van der Waals surface area contributed by atoms with E-state index in [2.05, 4.69) is 10.6 Å². The molecule has 22 heavy (non-hydrogen) atoms. The van der Waals surface area contributed by atoms with Gasteiger partial charge in [0.1, 0.15) is 4.75 Å². The molecule has 1 atom stereocenters. The number of hydrogen-bond donors (Lipinski definition) is 2. The van der Waals surface area contributed by atoms with Gasteiger partial charge in [-0.05, 0) is 24.6 Å². The Morgan fingerprint density at radius 2 is 1.68 bits per heavy atom. The Labute approximate surface area is 138 Å². The van der Waals surface area contributed by atoms with Crippen molar-refractivity contribution in [2.24, 2.45) is 5.16 Å². The molecule has 0 amide bonds. The predicted octanol–water partition coefficient (Wildman–Crippen LogP) is 4.05. The van der Waals surface area contributed by atoms with Gasteiger partial charge in [-0.2, -0.15) is 0 Å². The Morgan fingerprint density at radius 1 is 1.09 bits per heavy atom. The zero-order valence-electron chi connectivity index (χ0n) is 11.9. The summed E-state index contributed by atoms with van der Waals surface area (Å²) in [6, 6.07) is 19.6. The van der Waals surface area contributed by atoms with E-state index in [-0.39, 0.29) is 0 Å². The van der Waals surface area contributed by atoms with Crippen LogP contribution in [0.1, 0.15) is 12.5 Å². The van der Waals surface area contributed by atoms with Crippen molar-refractivity contribution in [3.63, 3.8) is 0 Å². The van der Waals surface area contributed by atoms with E-state index < -0.39 is 4.75 Å². The van der Waals surface area contributed by atoms with E-state index in [0.717, 1.165) is 11.3 Å². The number of nitrogens with one attached hydrogen (secondary N) is 1. The lowest BCUT2D eigenvalue weighted by atomic mass is 9.99. The molecule has 0 spiro atoms. The fourth-order valence-corrected chi connectivity index (χ4v) is 4.07. The van der Waals surface area contributed by atoms with Crippen LogP contribution in [0.15, 0.2) is 65.8 Å². The third-order valence-electron chi connectivity index (χ3n) is 3.55. The van der Waals surface area contributed by atoms with Crippen LogP contribution in [-0.2, 0) is 4.75 Å². The van der Waals surface area contributed by atoms with Gasteiger partial charge < -0.3 is 5.21 Å². The van der Waals surface area contributed by atoms with Crippen LogP contribution >= 0.6 is 24.0 Å². The number of para-hydroxylation sites is 1. The fraction of sp³-hybridized carbons (Fsp3) is 0.125. The average Bonchev–Trinajstić information content (AvgIpc) is 2.80. The van der Waals surface area contributed by atoms with Gasteiger partial charge in [0, 0.05) is 0 Å². The van der Waals surface area contributed by atoms with Gasteiger partial charge in [0.05, 0.1) is 5.69 Å². The molecule has 0 saturated carbocycles. The number of thioether (sulfide) groups is 1. The molecule has 2 aromatic rings. The Hall–Kier alpha value is -2.05. The van der Waals surface area contributed by atoms with Crippen molar-refractivity contribution in [3.05, 3.63) is 66.2 Å². The van der Waals surface area contributed by atoms with Gasteiger partial charge in [-0.3, -0.25) is 5.43 Å². The van der Waals surface area contributed by atoms with Crippen LogP contribution in [0.2, 0.25) is 0 Å². The predicted molar refractivity (Wildman–Crippen MR) is 95.1 cm³/mol. The Kier molecular flexibility index (Phi) is 4.04. The molecule has 1 aliphatic heterocycles. The molecule has 3 rings (SSSR count). The van der Waals surface area contributed by atoms with Crippen molar-refractivity contribution in [3.8, 4) is 0 Å². The van der Waals surface area contributed by atoms with Gasteiger partial charge in [-0.25, -0.2) is 5.01 Å². The molecule has 1 aliphatic rings. The highest BCUT2D eigenvalue weighted by Crippen LogP contribution is 2.45. The lowest BCUT2D eigenvalue weighted by molar-refractivity contribution is 0.309. The summed E-state index contributed by atoms with van der Waals surface area (Å²) >= 11 is 6.95. The maximum Gasteiger partial charge on any atom is 0.189 e. The fourth-order valence-electron chi connectivity index (χ4n) is 2.39. The summed E-state index contributed by atoms with van der Waals surface area (Å²) < 4.78 is 0.0810. The summed E-state index contributed by atoms with van der Waals surface area (Å²) in [6.45, 7) is 2.00. The number of benzene rings is 2. The lowest BCUT2D eigenvalue weighted by Gasteiger charge is -2.25. The molecule has 2 aromatic carbocycles. The number of amidine groups is 1. The summed E-state index contributed by atoms with van der Waals surface area (Å²) in [6.07, 6.45) is 0. The molecule has 0 bridgehead atoms. The number of hydrazine groups is 1. The van der Waals surface area contributed by atoms with E-state index in [1.54, 1.807) is 5.01 Å². The molecular formula is C16H15N3OS2. The molecule has 2 N–H and O–H groups in total. The number of rotatable bonds is 3. The molecule has 6 heteroatoms. The van der Waals surface area contributed by atoms with Crippen LogP contribution < -0.4 is 5.43 Å². The molecule has 1 fully saturated rings. The van der Waals surface area contributed by atoms with Crippen molar-refractivity contribution < 1.29 is 5.21 Å². The van der Waals surface area contributed by atoms with Crippen LogP contribution in [0.4, 0.5) is 5.69 Å². The van der Waals surface area contributed by atoms with Crippen molar-refractivity contribution in [2.45, 2.75) is 11.7 Å². The van der Waals surface area contributed by atoms with Crippen molar-refractivity contribution >= 4 is 39.8 Å². The first-order chi connectivity index (χ1) is 10.6. The molecule has 0 aliphatic carbocycles. The number of oxime groups is 1. The average molecular weight is 329 g/mol. The highest BCUT2D eigenvalue weighted by atomic mass is 32.2. The van der Waals surface area contributed by atoms with Crippen LogP contribution in [0.25, 0.3) is 0 Å². The standard InChI is InChI=1S/C16H15N3OS2/c1-16(12-8-4-2-5-9-12)14(18-20)19(15(21)22-16)17-13-10-6-3-7-11-13/h2-11,17,20H,1H3/b18-14+. The lowest BCUT2D eigenvalue weighted by Crippen LogP contribution is -2.40. The van der Waals surface area contributed by atoms with Crippen LogP contribution in [0.5, 0.6) is 0 Å². The quantitative estimate of drug-likeness (QED) is 0.505. The van der Waals surface area contributed by atoms with Crippen molar-refractivity contribution in [2.75, 3.05) is 5.43 Å². The normalized spacial score (nSPS) is 23.0. The second-order valence-corrected chi connectivity index (χ2v) is 7.06. The minimum absolute atomic E-state index is 0.470. The Balaban J connectivity index is 1.95. The summed E-state index contributed by atoms with van der Waals surface area (Å²) in [4.78, 5) is 0. The largest absolute Gasteiger partial charge is 0.409 e. The maximum absolute atomic E-state index is 9.56. The maximum atomic E-state index is 9.56. The third kappa shape index (κ3) is 2.55. The SMILES string of the molecule is CC1(c2ccccc2)SC(=S)N(Nc2ccccc2)/C1=N/O. The number of anilines is 1. The second-order valence-electron chi connectivity index (χ2n) is 5.00. The first-order valence-electron chi connectivity index (χ1n) is 6.78. The highest BCUT2D eigenvalue weighted by Gasteiger charge is 2.47. The van der Waals surface area contributed by atoms with Gasteiger partial charge >= 0.3 is 0 Å². The van der Waals surface area contributed by atoms with Crippen molar-refractivity contribution in [1.82, 2.24) is 5.01 Å². The smallest absolute Gasteiger partial charge is 0.189 e. The van der Waals surface area contributed by atoms with Crippen LogP contribution in [0, 0.1) is 0 Å². The van der Waals surface area contributed by atoms with Gasteiger partial charge in [0.25, 0.3) is 0 Å². The first kappa shape index (κ1) is 14.9. The molecule has 0 radical (unpaired) electrons. The molecular weight excluding hydrogens is 314 g/mol. The Morgan fingerprint density at radius 3 is 2.27 bits per heavy atom. The molecule has 4 nitrogen and oxygen atoms in total. The topological polar surface area (TPSA) is 47.9 Å². The Bertz CT molecular complexity index is 706. The van der Waals surface area contributed by atoms with E-state index in [0.29, 0.717) is 10.2 Å². The van der Waals surface area contributed by atoms with Crippen LogP contribution in [0.3, 0.4) is 0 Å². The summed E-state index contributed by atoms with van der Waals surface area (Å²) in [5, 5.41) is 14.7. The molecule has 1 unspecified atom stereocenters. The number of nitrogens with zero attached hydrogens (tertiary/aromatic N) is 2. The van der Waals surface area contributed by atoms with Gasteiger partial charge in [0.2, 0.25) is 0 Å². The van der Waals surface area contributed by atoms with E-state index in [4.69, 9.17) is 12.2 Å². The first-order valence-corrected chi connectivity index (χ1v) is 8.00. The zero-order valence-corrected chi connectivity index (χ0v) is 13.6. The monoisotopic (exact) mass is 329 g/mol. The van der Waals surface area contributed by atoms with E-state index in [9.17, 15) is 5.21 Å². The van der Waals surface area contributed by atoms with E-state index in [1.807, 2.05) is 67.6 Å². The number of hydrogen-bond acceptors (Lipinski definition) is 5. The summed E-state index contributed by atoms with van der Waals surface area (Å²) in [5.41, 5.74) is 5.11. The van der Waals surface area contributed by atoms with Gasteiger partial charge in [-0.15, -0.1) is 0 Å². The van der Waals surface area contributed by atoms with E-state index in [1.165, 1.54) is 11.8 Å². The van der Waals surface area contributed by atoms with Gasteiger partial charge in [0.15, 0.2) is 10.2 Å². The molecule has 1 saturated heterocycles. The zero-order chi connectivity index (χ0) is 15.6. The van der Waals surface area contributed by atoms with Gasteiger partial charge in [-0.1, -0.05) is 77.7 Å². The summed E-state index contributed by atoms with van der Waals surface area (Å²) in [5.74, 6) is 0.470. The van der Waals surface area contributed by atoms with E-state index >= 15 is 0 Å². The highest BCUT2D eigenvalue weighted by molar-refractivity contribution is 8.24. The summed E-state index contributed by atoms with van der Waals surface area (Å²) in [7, 11) is 0. The minimum atomic E-state index is -0.533.